The minimum absolute atomic E-state index is 0.114. The van der Waals surface area contributed by atoms with Gasteiger partial charge in [-0.3, -0.25) is 0 Å². The van der Waals surface area contributed by atoms with E-state index in [9.17, 15) is 8.42 Å². The molecule has 17 heavy (non-hydrogen) atoms. The Morgan fingerprint density at radius 2 is 1.88 bits per heavy atom. The predicted molar refractivity (Wildman–Crippen MR) is 67.9 cm³/mol. The van der Waals surface area contributed by atoms with E-state index < -0.39 is 9.84 Å². The number of rotatable bonds is 8. The first kappa shape index (κ1) is 14.2. The molecule has 0 aromatic heterocycles. The van der Waals surface area contributed by atoms with Crippen LogP contribution in [-0.4, -0.2) is 40.5 Å². The van der Waals surface area contributed by atoms with Crippen molar-refractivity contribution in [3.63, 3.8) is 0 Å². The summed E-state index contributed by atoms with van der Waals surface area (Å²) in [5.74, 6) is 0.114. The van der Waals surface area contributed by atoms with Gasteiger partial charge in [0.05, 0.1) is 17.3 Å². The maximum Gasteiger partial charge on any atom is 0.179 e. The molecule has 0 aliphatic rings. The van der Waals surface area contributed by atoms with Crippen molar-refractivity contribution in [1.82, 2.24) is 5.32 Å². The molecule has 0 amide bonds. The average Bonchev–Trinajstić information content (AvgIpc) is 2.35. The number of nitrogens with one attached hydrogen (secondary N) is 1. The molecule has 0 saturated carbocycles. The maximum atomic E-state index is 11.8. The Bertz CT molecular complexity index is 403. The third kappa shape index (κ3) is 5.30. The third-order valence-corrected chi connectivity index (χ3v) is 4.01. The van der Waals surface area contributed by atoms with Crippen molar-refractivity contribution < 1.29 is 13.2 Å². The first-order valence-electron chi connectivity index (χ1n) is 5.73. The Hall–Kier alpha value is -0.910. The summed E-state index contributed by atoms with van der Waals surface area (Å²) in [5.41, 5.74) is 0. The van der Waals surface area contributed by atoms with Crippen LogP contribution in [0.15, 0.2) is 35.2 Å². The molecule has 0 saturated heterocycles. The predicted octanol–water partition coefficient (Wildman–Crippen LogP) is 1.09. The Morgan fingerprint density at radius 1 is 1.18 bits per heavy atom. The molecule has 0 fully saturated rings. The minimum atomic E-state index is -3.16. The van der Waals surface area contributed by atoms with Gasteiger partial charge in [0.15, 0.2) is 9.84 Å². The zero-order chi connectivity index (χ0) is 12.6. The maximum absolute atomic E-state index is 11.8. The quantitative estimate of drug-likeness (QED) is 0.708. The lowest BCUT2D eigenvalue weighted by atomic mass is 10.4. The normalized spacial score (nSPS) is 11.6. The molecule has 1 N–H and O–H groups in total. The molecule has 1 aromatic carbocycles. The summed E-state index contributed by atoms with van der Waals surface area (Å²) in [6.45, 7) is 4.36. The molecular weight excluding hydrogens is 238 g/mol. The average molecular weight is 257 g/mol. The van der Waals surface area contributed by atoms with Crippen molar-refractivity contribution in [2.75, 3.05) is 32.1 Å². The largest absolute Gasteiger partial charge is 0.380 e. The van der Waals surface area contributed by atoms with Crippen molar-refractivity contribution in [2.24, 2.45) is 0 Å². The van der Waals surface area contributed by atoms with Crippen LogP contribution in [0, 0.1) is 0 Å². The highest BCUT2D eigenvalue weighted by Crippen LogP contribution is 2.08. The lowest BCUT2D eigenvalue weighted by molar-refractivity contribution is 0.150. The minimum Gasteiger partial charge on any atom is -0.380 e. The van der Waals surface area contributed by atoms with Crippen molar-refractivity contribution in [1.29, 1.82) is 0 Å². The van der Waals surface area contributed by atoms with E-state index in [0.29, 0.717) is 31.2 Å². The van der Waals surface area contributed by atoms with E-state index >= 15 is 0 Å². The summed E-state index contributed by atoms with van der Waals surface area (Å²) >= 11 is 0. The Morgan fingerprint density at radius 3 is 2.53 bits per heavy atom. The van der Waals surface area contributed by atoms with Crippen LogP contribution in [0.2, 0.25) is 0 Å². The van der Waals surface area contributed by atoms with E-state index in [4.69, 9.17) is 4.74 Å². The van der Waals surface area contributed by atoms with Gasteiger partial charge in [0, 0.05) is 19.7 Å². The molecule has 0 heterocycles. The fourth-order valence-electron chi connectivity index (χ4n) is 1.37. The smallest absolute Gasteiger partial charge is 0.179 e. The molecule has 0 bridgehead atoms. The summed E-state index contributed by atoms with van der Waals surface area (Å²) < 4.78 is 28.8. The SMILES string of the molecule is CCOCCNCCS(=O)(=O)c1ccccc1. The van der Waals surface area contributed by atoms with E-state index in [0.717, 1.165) is 0 Å². The second-order valence-corrected chi connectivity index (χ2v) is 5.69. The molecule has 0 aliphatic heterocycles. The van der Waals surface area contributed by atoms with Gasteiger partial charge in [0.25, 0.3) is 0 Å². The first-order valence-corrected chi connectivity index (χ1v) is 7.38. The molecule has 0 aliphatic carbocycles. The molecule has 4 nitrogen and oxygen atoms in total. The van der Waals surface area contributed by atoms with E-state index in [1.54, 1.807) is 30.3 Å². The summed E-state index contributed by atoms with van der Waals surface area (Å²) in [4.78, 5) is 0.381. The van der Waals surface area contributed by atoms with Gasteiger partial charge in [-0.15, -0.1) is 0 Å². The fourth-order valence-corrected chi connectivity index (χ4v) is 2.59. The van der Waals surface area contributed by atoms with Crippen molar-refractivity contribution in [2.45, 2.75) is 11.8 Å². The highest BCUT2D eigenvalue weighted by atomic mass is 32.2. The lowest BCUT2D eigenvalue weighted by Gasteiger charge is -2.06. The molecule has 96 valence electrons. The van der Waals surface area contributed by atoms with Gasteiger partial charge in [0.2, 0.25) is 0 Å². The molecule has 0 unspecified atom stereocenters. The number of ether oxygens (including phenoxy) is 1. The zero-order valence-electron chi connectivity index (χ0n) is 10.1. The topological polar surface area (TPSA) is 55.4 Å². The van der Waals surface area contributed by atoms with Crippen LogP contribution in [0.1, 0.15) is 6.92 Å². The number of hydrogen-bond donors (Lipinski definition) is 1. The highest BCUT2D eigenvalue weighted by molar-refractivity contribution is 7.91. The van der Waals surface area contributed by atoms with Crippen LogP contribution in [-0.2, 0) is 14.6 Å². The summed E-state index contributed by atoms with van der Waals surface area (Å²) in [7, 11) is -3.16. The third-order valence-electron chi connectivity index (χ3n) is 2.28. The summed E-state index contributed by atoms with van der Waals surface area (Å²) in [6, 6.07) is 8.51. The van der Waals surface area contributed by atoms with Gasteiger partial charge >= 0.3 is 0 Å². The second kappa shape index (κ2) is 7.42. The van der Waals surface area contributed by atoms with Crippen molar-refractivity contribution >= 4 is 9.84 Å². The van der Waals surface area contributed by atoms with Crippen LogP contribution in [0.3, 0.4) is 0 Å². The number of sulfone groups is 1. The Balaban J connectivity index is 2.31. The van der Waals surface area contributed by atoms with Gasteiger partial charge in [-0.25, -0.2) is 8.42 Å². The Labute approximate surface area is 103 Å². The van der Waals surface area contributed by atoms with Crippen molar-refractivity contribution in [3.8, 4) is 0 Å². The fraction of sp³-hybridized carbons (Fsp3) is 0.500. The Kier molecular flexibility index (Phi) is 6.18. The van der Waals surface area contributed by atoms with Gasteiger partial charge in [-0.2, -0.15) is 0 Å². The van der Waals surface area contributed by atoms with Crippen molar-refractivity contribution in [3.05, 3.63) is 30.3 Å². The van der Waals surface area contributed by atoms with E-state index in [1.165, 1.54) is 0 Å². The molecule has 0 spiro atoms. The zero-order valence-corrected chi connectivity index (χ0v) is 10.9. The lowest BCUT2D eigenvalue weighted by Crippen LogP contribution is -2.26. The second-order valence-electron chi connectivity index (χ2n) is 3.58. The van der Waals surface area contributed by atoms with Gasteiger partial charge < -0.3 is 10.1 Å². The van der Waals surface area contributed by atoms with Crippen LogP contribution in [0.25, 0.3) is 0 Å². The van der Waals surface area contributed by atoms with Gasteiger partial charge in [0.1, 0.15) is 0 Å². The van der Waals surface area contributed by atoms with Gasteiger partial charge in [-0.1, -0.05) is 18.2 Å². The summed E-state index contributed by atoms with van der Waals surface area (Å²) in [6.07, 6.45) is 0. The van der Waals surface area contributed by atoms with E-state index in [-0.39, 0.29) is 5.75 Å². The first-order chi connectivity index (χ1) is 8.17. The number of hydrogen-bond acceptors (Lipinski definition) is 4. The van der Waals surface area contributed by atoms with Crippen LogP contribution >= 0.6 is 0 Å². The molecular formula is C12H19NO3S. The standard InChI is InChI=1S/C12H19NO3S/c1-2-16-10-8-13-9-11-17(14,15)12-6-4-3-5-7-12/h3-7,13H,2,8-11H2,1H3. The van der Waals surface area contributed by atoms with Crippen LogP contribution in [0.5, 0.6) is 0 Å². The van der Waals surface area contributed by atoms with Crippen LogP contribution < -0.4 is 5.32 Å². The molecule has 0 atom stereocenters. The van der Waals surface area contributed by atoms with E-state index in [2.05, 4.69) is 5.32 Å². The number of benzene rings is 1. The molecule has 5 heteroatoms. The highest BCUT2D eigenvalue weighted by Gasteiger charge is 2.12. The van der Waals surface area contributed by atoms with E-state index in [1.807, 2.05) is 6.92 Å². The van der Waals surface area contributed by atoms with Gasteiger partial charge in [-0.05, 0) is 19.1 Å². The van der Waals surface area contributed by atoms with Crippen LogP contribution in [0.4, 0.5) is 0 Å². The molecule has 1 rings (SSSR count). The summed E-state index contributed by atoms with van der Waals surface area (Å²) in [5, 5.41) is 3.04. The molecule has 1 aromatic rings. The molecule has 0 radical (unpaired) electrons. The monoisotopic (exact) mass is 257 g/mol.